The number of carbonyl (C=O) groups excluding carboxylic acids is 1. The summed E-state index contributed by atoms with van der Waals surface area (Å²) >= 11 is 0. The summed E-state index contributed by atoms with van der Waals surface area (Å²) in [5.74, 6) is 0.782. The summed E-state index contributed by atoms with van der Waals surface area (Å²) in [5, 5.41) is 11.2. The van der Waals surface area contributed by atoms with Gasteiger partial charge in [0.2, 0.25) is 0 Å². The van der Waals surface area contributed by atoms with Crippen molar-refractivity contribution in [1.29, 1.82) is 0 Å². The normalized spacial score (nSPS) is 13.6. The number of nitro groups is 1. The quantitative estimate of drug-likeness (QED) is 0.513. The average Bonchev–Trinajstić information content (AvgIpc) is 2.66. The second kappa shape index (κ2) is 6.31. The van der Waals surface area contributed by atoms with Crippen molar-refractivity contribution in [3.8, 4) is 0 Å². The van der Waals surface area contributed by atoms with Crippen LogP contribution in [0.3, 0.4) is 0 Å². The summed E-state index contributed by atoms with van der Waals surface area (Å²) < 4.78 is 0. The van der Waals surface area contributed by atoms with E-state index < -0.39 is 4.92 Å². The van der Waals surface area contributed by atoms with Gasteiger partial charge in [-0.25, -0.2) is 9.97 Å². The molecule has 0 N–H and O–H groups in total. The van der Waals surface area contributed by atoms with Gasteiger partial charge in [-0.05, 0) is 25.1 Å². The summed E-state index contributed by atoms with van der Waals surface area (Å²) in [7, 11) is 1.91. The van der Waals surface area contributed by atoms with E-state index in [9.17, 15) is 14.9 Å². The highest BCUT2D eigenvalue weighted by atomic mass is 16.6. The molecule has 1 aliphatic rings. The first kappa shape index (κ1) is 16.9. The van der Waals surface area contributed by atoms with Gasteiger partial charge < -0.3 is 4.90 Å². The summed E-state index contributed by atoms with van der Waals surface area (Å²) in [6, 6.07) is 12.0. The van der Waals surface area contributed by atoms with Gasteiger partial charge in [0.1, 0.15) is 0 Å². The zero-order chi connectivity index (χ0) is 19.1. The second-order valence-electron chi connectivity index (χ2n) is 6.44. The molecule has 0 unspecified atom stereocenters. The molecule has 0 atom stereocenters. The minimum absolute atomic E-state index is 0.0696. The van der Waals surface area contributed by atoms with Crippen LogP contribution in [0.5, 0.6) is 0 Å². The number of nitrogens with zero attached hydrogens (tertiary/aromatic N) is 5. The Balaban J connectivity index is 1.83. The van der Waals surface area contributed by atoms with Crippen LogP contribution in [-0.4, -0.2) is 40.9 Å². The third kappa shape index (κ3) is 2.75. The maximum atomic E-state index is 13.2. The van der Waals surface area contributed by atoms with Gasteiger partial charge in [0, 0.05) is 37.3 Å². The van der Waals surface area contributed by atoms with Crippen molar-refractivity contribution in [2.75, 3.05) is 29.9 Å². The predicted octanol–water partition coefficient (Wildman–Crippen LogP) is 2.94. The highest BCUT2D eigenvalue weighted by molar-refractivity contribution is 6.09. The van der Waals surface area contributed by atoms with Gasteiger partial charge >= 0.3 is 0 Å². The standard InChI is InChI=1S/C19H17N5O3/c1-12-13(6-5-9-16(12)24(26)27)19(25)23-11-10-22(2)17-18(23)21-15-8-4-3-7-14(15)20-17/h3-9H,10-11H2,1-2H3. The highest BCUT2D eigenvalue weighted by Gasteiger charge is 2.31. The van der Waals surface area contributed by atoms with Crippen LogP contribution in [0.4, 0.5) is 17.3 Å². The SMILES string of the molecule is Cc1c(C(=O)N2CCN(C)c3nc4ccccc4nc32)cccc1[N+](=O)[O-]. The van der Waals surface area contributed by atoms with Crippen molar-refractivity contribution < 1.29 is 9.72 Å². The van der Waals surface area contributed by atoms with Crippen molar-refractivity contribution in [3.05, 3.63) is 63.7 Å². The Morgan fingerprint density at radius 1 is 1.04 bits per heavy atom. The van der Waals surface area contributed by atoms with Crippen molar-refractivity contribution in [1.82, 2.24) is 9.97 Å². The molecule has 4 rings (SSSR count). The smallest absolute Gasteiger partial charge is 0.273 e. The van der Waals surface area contributed by atoms with E-state index in [-0.39, 0.29) is 11.6 Å². The van der Waals surface area contributed by atoms with Crippen LogP contribution in [-0.2, 0) is 0 Å². The van der Waals surface area contributed by atoms with Gasteiger partial charge in [-0.1, -0.05) is 18.2 Å². The minimum atomic E-state index is -0.475. The molecule has 3 aromatic rings. The molecule has 0 aliphatic carbocycles. The number of carbonyl (C=O) groups is 1. The van der Waals surface area contributed by atoms with Crippen molar-refractivity contribution in [2.24, 2.45) is 0 Å². The van der Waals surface area contributed by atoms with Crippen LogP contribution in [0.2, 0.25) is 0 Å². The van der Waals surface area contributed by atoms with E-state index in [1.54, 1.807) is 17.9 Å². The molecule has 0 bridgehead atoms. The average molecular weight is 363 g/mol. The molecule has 2 aromatic carbocycles. The molecule has 0 saturated heterocycles. The van der Waals surface area contributed by atoms with E-state index in [4.69, 9.17) is 0 Å². The lowest BCUT2D eigenvalue weighted by Crippen LogP contribution is -2.44. The first-order valence-corrected chi connectivity index (χ1v) is 8.51. The molecule has 27 heavy (non-hydrogen) atoms. The van der Waals surface area contributed by atoms with E-state index in [2.05, 4.69) is 9.97 Å². The minimum Gasteiger partial charge on any atom is -0.355 e. The number of amides is 1. The Bertz CT molecular complexity index is 1080. The zero-order valence-corrected chi connectivity index (χ0v) is 14.9. The molecule has 136 valence electrons. The van der Waals surface area contributed by atoms with Gasteiger partial charge in [-0.15, -0.1) is 0 Å². The fourth-order valence-corrected chi connectivity index (χ4v) is 3.28. The number of likely N-dealkylation sites (N-methyl/N-ethyl adjacent to an activating group) is 1. The van der Waals surface area contributed by atoms with Crippen LogP contribution < -0.4 is 9.80 Å². The lowest BCUT2D eigenvalue weighted by molar-refractivity contribution is -0.385. The first-order chi connectivity index (χ1) is 13.0. The number of anilines is 2. The molecule has 0 spiro atoms. The second-order valence-corrected chi connectivity index (χ2v) is 6.44. The van der Waals surface area contributed by atoms with E-state index in [0.29, 0.717) is 41.4 Å². The van der Waals surface area contributed by atoms with E-state index in [1.807, 2.05) is 36.2 Å². The molecule has 0 fully saturated rings. The van der Waals surface area contributed by atoms with Crippen LogP contribution in [0.15, 0.2) is 42.5 Å². The van der Waals surface area contributed by atoms with E-state index in [1.165, 1.54) is 12.1 Å². The molecule has 0 radical (unpaired) electrons. The Kier molecular flexibility index (Phi) is 3.95. The number of nitro benzene ring substituents is 1. The monoisotopic (exact) mass is 363 g/mol. The van der Waals surface area contributed by atoms with Gasteiger partial charge in [0.05, 0.1) is 16.0 Å². The summed E-state index contributed by atoms with van der Waals surface area (Å²) in [5.41, 5.74) is 2.03. The molecule has 0 saturated carbocycles. The molecular weight excluding hydrogens is 346 g/mol. The van der Waals surface area contributed by atoms with Crippen LogP contribution in [0, 0.1) is 17.0 Å². The predicted molar refractivity (Wildman–Crippen MR) is 102 cm³/mol. The molecule has 1 aliphatic heterocycles. The Morgan fingerprint density at radius 3 is 2.37 bits per heavy atom. The Hall–Kier alpha value is -3.55. The largest absolute Gasteiger partial charge is 0.355 e. The fourth-order valence-electron chi connectivity index (χ4n) is 3.28. The number of aromatic nitrogens is 2. The third-order valence-corrected chi connectivity index (χ3v) is 4.79. The number of rotatable bonds is 2. The molecule has 8 heteroatoms. The number of fused-ring (bicyclic) bond motifs is 2. The maximum Gasteiger partial charge on any atom is 0.273 e. The highest BCUT2D eigenvalue weighted by Crippen LogP contribution is 2.32. The van der Waals surface area contributed by atoms with Crippen molar-refractivity contribution in [2.45, 2.75) is 6.92 Å². The van der Waals surface area contributed by atoms with E-state index >= 15 is 0 Å². The van der Waals surface area contributed by atoms with Crippen LogP contribution in [0.1, 0.15) is 15.9 Å². The van der Waals surface area contributed by atoms with Gasteiger partial charge in [0.25, 0.3) is 11.6 Å². The maximum absolute atomic E-state index is 13.2. The Morgan fingerprint density at radius 2 is 1.70 bits per heavy atom. The lowest BCUT2D eigenvalue weighted by atomic mass is 10.1. The molecule has 2 heterocycles. The zero-order valence-electron chi connectivity index (χ0n) is 14.9. The fraction of sp³-hybridized carbons (Fsp3) is 0.211. The molecular formula is C19H17N5O3. The summed E-state index contributed by atoms with van der Waals surface area (Å²) in [4.78, 5) is 36.8. The van der Waals surface area contributed by atoms with Crippen molar-refractivity contribution >= 4 is 34.3 Å². The van der Waals surface area contributed by atoms with Crippen LogP contribution >= 0.6 is 0 Å². The number of hydrogen-bond donors (Lipinski definition) is 0. The van der Waals surface area contributed by atoms with Gasteiger partial charge in [-0.3, -0.25) is 19.8 Å². The topological polar surface area (TPSA) is 92.5 Å². The summed E-state index contributed by atoms with van der Waals surface area (Å²) in [6.07, 6.45) is 0. The van der Waals surface area contributed by atoms with Crippen molar-refractivity contribution in [3.63, 3.8) is 0 Å². The molecule has 1 aromatic heterocycles. The van der Waals surface area contributed by atoms with E-state index in [0.717, 1.165) is 5.52 Å². The van der Waals surface area contributed by atoms with Gasteiger partial charge in [0.15, 0.2) is 11.6 Å². The van der Waals surface area contributed by atoms with Crippen LogP contribution in [0.25, 0.3) is 11.0 Å². The molecule has 8 nitrogen and oxygen atoms in total. The number of para-hydroxylation sites is 2. The molecule has 1 amide bonds. The summed E-state index contributed by atoms with van der Waals surface area (Å²) in [6.45, 7) is 2.62. The first-order valence-electron chi connectivity index (χ1n) is 8.51. The number of benzene rings is 2. The Labute approximate surface area is 155 Å². The lowest BCUT2D eigenvalue weighted by Gasteiger charge is -2.34. The van der Waals surface area contributed by atoms with Gasteiger partial charge in [-0.2, -0.15) is 0 Å². The third-order valence-electron chi connectivity index (χ3n) is 4.79. The number of hydrogen-bond acceptors (Lipinski definition) is 6.